The highest BCUT2D eigenvalue weighted by Gasteiger charge is 2.24. The molecule has 0 saturated carbocycles. The first-order chi connectivity index (χ1) is 16.9. The highest BCUT2D eigenvalue weighted by atomic mass is 16.5. The molecule has 35 heavy (non-hydrogen) atoms. The molecule has 6 heteroatoms. The molecule has 0 saturated heterocycles. The number of ether oxygens (including phenoxy) is 3. The van der Waals surface area contributed by atoms with Gasteiger partial charge >= 0.3 is 11.9 Å². The minimum atomic E-state index is -0.676. The van der Waals surface area contributed by atoms with Gasteiger partial charge < -0.3 is 19.5 Å². The standard InChI is InChI=1S/C29H57NO5/c1-6-7-8-9-10-11-12-13-14-15-16-17-20-33-21-18-19-30-27(29(32)35-24-26(4)5)22-28(31)34-23-25(2)3/h25-27,30H,6-24H2,1-5H3/t27-/m0/s1. The van der Waals surface area contributed by atoms with E-state index in [-0.39, 0.29) is 24.2 Å². The van der Waals surface area contributed by atoms with E-state index >= 15 is 0 Å². The molecule has 0 amide bonds. The van der Waals surface area contributed by atoms with Crippen LogP contribution in [0, 0.1) is 11.8 Å². The van der Waals surface area contributed by atoms with Crippen molar-refractivity contribution in [1.82, 2.24) is 5.32 Å². The Hall–Kier alpha value is -1.14. The molecule has 0 aliphatic carbocycles. The van der Waals surface area contributed by atoms with E-state index in [1.807, 2.05) is 27.7 Å². The van der Waals surface area contributed by atoms with Gasteiger partial charge in [-0.05, 0) is 31.2 Å². The quantitative estimate of drug-likeness (QED) is 0.109. The summed E-state index contributed by atoms with van der Waals surface area (Å²) in [5.74, 6) is -0.250. The van der Waals surface area contributed by atoms with Crippen molar-refractivity contribution in [3.8, 4) is 0 Å². The Morgan fingerprint density at radius 2 is 1.14 bits per heavy atom. The summed E-state index contributed by atoms with van der Waals surface area (Å²) in [5.41, 5.74) is 0. The van der Waals surface area contributed by atoms with Crippen LogP contribution in [0.2, 0.25) is 0 Å². The summed E-state index contributed by atoms with van der Waals surface area (Å²) in [6.45, 7) is 13.0. The molecule has 0 aliphatic rings. The lowest BCUT2D eigenvalue weighted by molar-refractivity contribution is -0.154. The molecule has 0 radical (unpaired) electrons. The Morgan fingerprint density at radius 3 is 1.69 bits per heavy atom. The second kappa shape index (κ2) is 24.5. The second-order valence-corrected chi connectivity index (χ2v) is 10.7. The van der Waals surface area contributed by atoms with Crippen LogP contribution in [0.4, 0.5) is 0 Å². The molecule has 6 nitrogen and oxygen atoms in total. The van der Waals surface area contributed by atoms with Gasteiger partial charge in [-0.1, -0.05) is 105 Å². The lowest BCUT2D eigenvalue weighted by Crippen LogP contribution is -2.41. The average molecular weight is 500 g/mol. The van der Waals surface area contributed by atoms with Crippen LogP contribution in [0.3, 0.4) is 0 Å². The van der Waals surface area contributed by atoms with Gasteiger partial charge in [0, 0.05) is 13.2 Å². The van der Waals surface area contributed by atoms with E-state index in [9.17, 15) is 9.59 Å². The number of unbranched alkanes of at least 4 members (excludes halogenated alkanes) is 11. The second-order valence-electron chi connectivity index (χ2n) is 10.7. The fourth-order valence-corrected chi connectivity index (χ4v) is 3.67. The molecular weight excluding hydrogens is 442 g/mol. The predicted molar refractivity (Wildman–Crippen MR) is 145 cm³/mol. The predicted octanol–water partition coefficient (Wildman–Crippen LogP) is 6.84. The van der Waals surface area contributed by atoms with Crippen molar-refractivity contribution in [3.63, 3.8) is 0 Å². The Kier molecular flexibility index (Phi) is 23.8. The summed E-state index contributed by atoms with van der Waals surface area (Å²) in [4.78, 5) is 24.5. The Labute approximate surface area is 216 Å². The molecule has 208 valence electrons. The molecule has 0 heterocycles. The van der Waals surface area contributed by atoms with Crippen molar-refractivity contribution in [2.75, 3.05) is 33.0 Å². The number of carbonyl (C=O) groups is 2. The van der Waals surface area contributed by atoms with Crippen LogP contribution in [-0.4, -0.2) is 51.0 Å². The monoisotopic (exact) mass is 499 g/mol. The maximum absolute atomic E-state index is 12.4. The molecule has 0 aliphatic heterocycles. The van der Waals surface area contributed by atoms with Gasteiger partial charge in [0.25, 0.3) is 0 Å². The van der Waals surface area contributed by atoms with Gasteiger partial charge in [0.15, 0.2) is 0 Å². The minimum Gasteiger partial charge on any atom is -0.465 e. The largest absolute Gasteiger partial charge is 0.465 e. The molecule has 0 aromatic rings. The van der Waals surface area contributed by atoms with Crippen LogP contribution < -0.4 is 5.32 Å². The van der Waals surface area contributed by atoms with Crippen molar-refractivity contribution < 1.29 is 23.8 Å². The van der Waals surface area contributed by atoms with E-state index < -0.39 is 12.0 Å². The highest BCUT2D eigenvalue weighted by molar-refractivity contribution is 5.82. The summed E-state index contributed by atoms with van der Waals surface area (Å²) in [6, 6.07) is -0.676. The molecular formula is C29H57NO5. The van der Waals surface area contributed by atoms with Crippen LogP contribution in [0.5, 0.6) is 0 Å². The zero-order chi connectivity index (χ0) is 26.2. The third-order valence-corrected chi connectivity index (χ3v) is 5.79. The number of nitrogens with one attached hydrogen (secondary N) is 1. The van der Waals surface area contributed by atoms with E-state index in [4.69, 9.17) is 14.2 Å². The van der Waals surface area contributed by atoms with Crippen molar-refractivity contribution in [3.05, 3.63) is 0 Å². The lowest BCUT2D eigenvalue weighted by Gasteiger charge is -2.18. The topological polar surface area (TPSA) is 73.9 Å². The van der Waals surface area contributed by atoms with E-state index in [0.29, 0.717) is 26.4 Å². The van der Waals surface area contributed by atoms with Gasteiger partial charge in [-0.2, -0.15) is 0 Å². The van der Waals surface area contributed by atoms with Crippen LogP contribution in [-0.2, 0) is 23.8 Å². The van der Waals surface area contributed by atoms with E-state index in [1.54, 1.807) is 0 Å². The summed E-state index contributed by atoms with van der Waals surface area (Å²) in [7, 11) is 0. The Bertz CT molecular complexity index is 495. The molecule has 0 bridgehead atoms. The SMILES string of the molecule is CCCCCCCCCCCCCCOCCCN[C@@H](CC(=O)OCC(C)C)C(=O)OCC(C)C. The zero-order valence-electron chi connectivity index (χ0n) is 23.7. The first-order valence-electron chi connectivity index (χ1n) is 14.5. The van der Waals surface area contributed by atoms with Crippen LogP contribution in [0.25, 0.3) is 0 Å². The van der Waals surface area contributed by atoms with Gasteiger partial charge in [0.1, 0.15) is 6.04 Å². The fraction of sp³-hybridized carbons (Fsp3) is 0.931. The average Bonchev–Trinajstić information content (AvgIpc) is 2.82. The molecule has 1 atom stereocenters. The third-order valence-electron chi connectivity index (χ3n) is 5.79. The molecule has 0 aromatic heterocycles. The molecule has 0 aromatic carbocycles. The van der Waals surface area contributed by atoms with Crippen molar-refractivity contribution in [1.29, 1.82) is 0 Å². The van der Waals surface area contributed by atoms with Crippen molar-refractivity contribution in [2.45, 2.75) is 131 Å². The summed E-state index contributed by atoms with van der Waals surface area (Å²) < 4.78 is 16.3. The lowest BCUT2D eigenvalue weighted by atomic mass is 10.1. The van der Waals surface area contributed by atoms with Gasteiger partial charge in [-0.25, -0.2) is 0 Å². The summed E-state index contributed by atoms with van der Waals surface area (Å²) >= 11 is 0. The number of hydrogen-bond acceptors (Lipinski definition) is 6. The molecule has 1 N–H and O–H groups in total. The first-order valence-corrected chi connectivity index (χ1v) is 14.5. The first kappa shape index (κ1) is 33.9. The number of esters is 2. The molecule has 0 spiro atoms. The van der Waals surface area contributed by atoms with Crippen LogP contribution in [0.1, 0.15) is 125 Å². The van der Waals surface area contributed by atoms with Crippen molar-refractivity contribution >= 4 is 11.9 Å². The minimum absolute atomic E-state index is 0.0106. The fourth-order valence-electron chi connectivity index (χ4n) is 3.67. The molecule has 0 unspecified atom stereocenters. The van der Waals surface area contributed by atoms with Crippen LogP contribution >= 0.6 is 0 Å². The maximum Gasteiger partial charge on any atom is 0.323 e. The van der Waals surface area contributed by atoms with E-state index in [1.165, 1.54) is 70.6 Å². The molecule has 0 rings (SSSR count). The highest BCUT2D eigenvalue weighted by Crippen LogP contribution is 2.12. The van der Waals surface area contributed by atoms with E-state index in [2.05, 4.69) is 12.2 Å². The number of hydrogen-bond donors (Lipinski definition) is 1. The third kappa shape index (κ3) is 24.3. The summed E-state index contributed by atoms with van der Waals surface area (Å²) in [6.07, 6.45) is 16.8. The van der Waals surface area contributed by atoms with Gasteiger partial charge in [-0.3, -0.25) is 9.59 Å². The number of rotatable bonds is 25. The number of carbonyl (C=O) groups excluding carboxylic acids is 2. The van der Waals surface area contributed by atoms with Gasteiger partial charge in [-0.15, -0.1) is 0 Å². The Morgan fingerprint density at radius 1 is 0.657 bits per heavy atom. The van der Waals surface area contributed by atoms with Gasteiger partial charge in [0.2, 0.25) is 0 Å². The zero-order valence-corrected chi connectivity index (χ0v) is 23.7. The van der Waals surface area contributed by atoms with E-state index in [0.717, 1.165) is 19.4 Å². The smallest absolute Gasteiger partial charge is 0.323 e. The van der Waals surface area contributed by atoms with Crippen molar-refractivity contribution in [2.24, 2.45) is 11.8 Å². The summed E-state index contributed by atoms with van der Waals surface area (Å²) in [5, 5.41) is 3.16. The van der Waals surface area contributed by atoms with Gasteiger partial charge in [0.05, 0.1) is 19.6 Å². The van der Waals surface area contributed by atoms with Crippen LogP contribution in [0.15, 0.2) is 0 Å². The molecule has 0 fully saturated rings. The Balaban J connectivity index is 3.80. The normalized spacial score (nSPS) is 12.3. The maximum atomic E-state index is 12.4.